The first kappa shape index (κ1) is 16.4. The van der Waals surface area contributed by atoms with Crippen molar-refractivity contribution >= 4 is 11.9 Å². The summed E-state index contributed by atoms with van der Waals surface area (Å²) in [5, 5.41) is 0. The standard InChI is InChI=1S/C15H20FN7O/c1-12-6-18-14(19-7-12)22-3-4-23(15-20-10-17-11-21-15)13(8-22)9-24-5-2-16/h6-7,10-11,13H,2-5,8-9H2,1H3/t13-/m1/s1. The molecule has 0 saturated carbocycles. The summed E-state index contributed by atoms with van der Waals surface area (Å²) in [6, 6.07) is -0.0161. The van der Waals surface area contributed by atoms with E-state index < -0.39 is 6.67 Å². The first-order valence-electron chi connectivity index (χ1n) is 7.84. The number of nitrogens with zero attached hydrogens (tertiary/aromatic N) is 7. The Hall–Kier alpha value is -2.42. The van der Waals surface area contributed by atoms with Crippen LogP contribution in [0.2, 0.25) is 0 Å². The molecular weight excluding hydrogens is 313 g/mol. The molecule has 1 aliphatic heterocycles. The molecule has 1 atom stereocenters. The van der Waals surface area contributed by atoms with Gasteiger partial charge in [-0.2, -0.15) is 0 Å². The summed E-state index contributed by atoms with van der Waals surface area (Å²) >= 11 is 0. The van der Waals surface area contributed by atoms with E-state index in [0.29, 0.717) is 31.6 Å². The molecule has 128 valence electrons. The molecule has 0 aliphatic carbocycles. The first-order valence-corrected chi connectivity index (χ1v) is 7.84. The van der Waals surface area contributed by atoms with Crippen LogP contribution in [0.15, 0.2) is 25.0 Å². The third-order valence-corrected chi connectivity index (χ3v) is 3.80. The molecule has 2 aromatic heterocycles. The zero-order chi connectivity index (χ0) is 16.8. The molecule has 1 saturated heterocycles. The number of alkyl halides is 1. The Morgan fingerprint density at radius 2 is 1.88 bits per heavy atom. The Balaban J connectivity index is 1.74. The van der Waals surface area contributed by atoms with Crippen LogP contribution in [-0.2, 0) is 4.74 Å². The minimum atomic E-state index is -0.497. The normalized spacial score (nSPS) is 18.0. The molecule has 0 spiro atoms. The van der Waals surface area contributed by atoms with Crippen LogP contribution >= 0.6 is 0 Å². The number of hydrogen-bond acceptors (Lipinski definition) is 8. The molecule has 0 aromatic carbocycles. The fourth-order valence-electron chi connectivity index (χ4n) is 2.65. The van der Waals surface area contributed by atoms with Gasteiger partial charge in [0, 0.05) is 32.0 Å². The van der Waals surface area contributed by atoms with Crippen LogP contribution in [0.3, 0.4) is 0 Å². The van der Waals surface area contributed by atoms with E-state index in [1.807, 2.05) is 6.92 Å². The second kappa shape index (κ2) is 7.91. The number of halogens is 1. The lowest BCUT2D eigenvalue weighted by Crippen LogP contribution is -2.56. The predicted octanol–water partition coefficient (Wildman–Crippen LogP) is 0.651. The molecule has 24 heavy (non-hydrogen) atoms. The fourth-order valence-corrected chi connectivity index (χ4v) is 2.65. The van der Waals surface area contributed by atoms with Crippen molar-refractivity contribution in [1.82, 2.24) is 24.9 Å². The van der Waals surface area contributed by atoms with Gasteiger partial charge < -0.3 is 14.5 Å². The zero-order valence-electron chi connectivity index (χ0n) is 13.5. The largest absolute Gasteiger partial charge is 0.377 e. The average Bonchev–Trinajstić information content (AvgIpc) is 2.63. The minimum absolute atomic E-state index is 0.0161. The van der Waals surface area contributed by atoms with Gasteiger partial charge in [0.05, 0.1) is 19.3 Å². The maximum Gasteiger partial charge on any atom is 0.228 e. The van der Waals surface area contributed by atoms with E-state index in [1.165, 1.54) is 12.7 Å². The van der Waals surface area contributed by atoms with Gasteiger partial charge in [-0.25, -0.2) is 29.3 Å². The van der Waals surface area contributed by atoms with Crippen molar-refractivity contribution in [3.63, 3.8) is 0 Å². The van der Waals surface area contributed by atoms with Gasteiger partial charge in [-0.1, -0.05) is 0 Å². The van der Waals surface area contributed by atoms with E-state index >= 15 is 0 Å². The van der Waals surface area contributed by atoms with E-state index in [9.17, 15) is 4.39 Å². The molecule has 0 bridgehead atoms. The van der Waals surface area contributed by atoms with Crippen molar-refractivity contribution in [2.24, 2.45) is 0 Å². The van der Waals surface area contributed by atoms with Gasteiger partial charge in [0.1, 0.15) is 19.3 Å². The number of rotatable bonds is 6. The highest BCUT2D eigenvalue weighted by atomic mass is 19.1. The molecule has 9 heteroatoms. The number of piperazine rings is 1. The molecule has 3 rings (SSSR count). The number of anilines is 2. The maximum atomic E-state index is 12.3. The Morgan fingerprint density at radius 1 is 1.12 bits per heavy atom. The van der Waals surface area contributed by atoms with Gasteiger partial charge in [0.15, 0.2) is 0 Å². The Bertz CT molecular complexity index is 627. The van der Waals surface area contributed by atoms with E-state index in [1.54, 1.807) is 12.4 Å². The van der Waals surface area contributed by atoms with E-state index in [-0.39, 0.29) is 12.6 Å². The lowest BCUT2D eigenvalue weighted by atomic mass is 10.2. The minimum Gasteiger partial charge on any atom is -0.377 e. The van der Waals surface area contributed by atoms with Gasteiger partial charge in [0.2, 0.25) is 11.9 Å². The van der Waals surface area contributed by atoms with Crippen molar-refractivity contribution in [2.45, 2.75) is 13.0 Å². The highest BCUT2D eigenvalue weighted by Crippen LogP contribution is 2.19. The topological polar surface area (TPSA) is 80.2 Å². The van der Waals surface area contributed by atoms with Crippen LogP contribution in [0.4, 0.5) is 16.3 Å². The summed E-state index contributed by atoms with van der Waals surface area (Å²) in [6.07, 6.45) is 6.54. The Labute approximate surface area is 139 Å². The van der Waals surface area contributed by atoms with Gasteiger partial charge in [-0.3, -0.25) is 0 Å². The summed E-state index contributed by atoms with van der Waals surface area (Å²) in [6.45, 7) is 4.03. The van der Waals surface area contributed by atoms with E-state index in [0.717, 1.165) is 12.1 Å². The van der Waals surface area contributed by atoms with Crippen LogP contribution < -0.4 is 9.80 Å². The molecule has 8 nitrogen and oxygen atoms in total. The highest BCUT2D eigenvalue weighted by molar-refractivity contribution is 5.39. The van der Waals surface area contributed by atoms with E-state index in [4.69, 9.17) is 4.74 Å². The molecule has 0 N–H and O–H groups in total. The first-order chi connectivity index (χ1) is 11.8. The van der Waals surface area contributed by atoms with Gasteiger partial charge in [0.25, 0.3) is 0 Å². The average molecular weight is 333 g/mol. The molecule has 2 aromatic rings. The summed E-state index contributed by atoms with van der Waals surface area (Å²) in [7, 11) is 0. The maximum absolute atomic E-state index is 12.3. The second-order valence-corrected chi connectivity index (χ2v) is 5.56. The third-order valence-electron chi connectivity index (χ3n) is 3.80. The monoisotopic (exact) mass is 333 g/mol. The molecule has 0 amide bonds. The number of hydrogen-bond donors (Lipinski definition) is 0. The number of aryl methyl sites for hydroxylation is 1. The highest BCUT2D eigenvalue weighted by Gasteiger charge is 2.30. The van der Waals surface area contributed by atoms with Gasteiger partial charge in [-0.05, 0) is 12.5 Å². The Morgan fingerprint density at radius 3 is 2.58 bits per heavy atom. The lowest BCUT2D eigenvalue weighted by molar-refractivity contribution is 0.104. The van der Waals surface area contributed by atoms with Gasteiger partial charge in [-0.15, -0.1) is 0 Å². The molecule has 1 fully saturated rings. The smallest absolute Gasteiger partial charge is 0.228 e. The zero-order valence-corrected chi connectivity index (χ0v) is 13.5. The third kappa shape index (κ3) is 3.91. The number of ether oxygens (including phenoxy) is 1. The quantitative estimate of drug-likeness (QED) is 0.713. The Kier molecular flexibility index (Phi) is 5.42. The van der Waals surface area contributed by atoms with Crippen molar-refractivity contribution in [3.05, 3.63) is 30.6 Å². The van der Waals surface area contributed by atoms with Crippen LogP contribution in [0.25, 0.3) is 0 Å². The second-order valence-electron chi connectivity index (χ2n) is 5.56. The molecular formula is C15H20FN7O. The lowest BCUT2D eigenvalue weighted by Gasteiger charge is -2.41. The molecule has 0 radical (unpaired) electrons. The summed E-state index contributed by atoms with van der Waals surface area (Å²) in [5.74, 6) is 1.29. The van der Waals surface area contributed by atoms with Crippen molar-refractivity contribution < 1.29 is 9.13 Å². The van der Waals surface area contributed by atoms with E-state index in [2.05, 4.69) is 34.7 Å². The predicted molar refractivity (Wildman–Crippen MR) is 86.7 cm³/mol. The van der Waals surface area contributed by atoms with Crippen LogP contribution in [-0.4, -0.2) is 70.5 Å². The van der Waals surface area contributed by atoms with Crippen molar-refractivity contribution in [2.75, 3.05) is 49.3 Å². The van der Waals surface area contributed by atoms with Crippen LogP contribution in [0.5, 0.6) is 0 Å². The van der Waals surface area contributed by atoms with Gasteiger partial charge >= 0.3 is 0 Å². The number of aromatic nitrogens is 5. The molecule has 0 unspecified atom stereocenters. The van der Waals surface area contributed by atoms with Crippen LogP contribution in [0, 0.1) is 6.92 Å². The van der Waals surface area contributed by atoms with Crippen molar-refractivity contribution in [1.29, 1.82) is 0 Å². The molecule has 3 heterocycles. The summed E-state index contributed by atoms with van der Waals surface area (Å²) in [4.78, 5) is 25.2. The summed E-state index contributed by atoms with van der Waals surface area (Å²) in [5.41, 5.74) is 1.02. The van der Waals surface area contributed by atoms with Crippen molar-refractivity contribution in [3.8, 4) is 0 Å². The molecule has 1 aliphatic rings. The summed E-state index contributed by atoms with van der Waals surface area (Å²) < 4.78 is 17.8. The van der Waals surface area contributed by atoms with Crippen LogP contribution in [0.1, 0.15) is 5.56 Å². The SMILES string of the molecule is Cc1cnc(N2CCN(c3ncncn3)[C@@H](COCCF)C2)nc1. The fraction of sp³-hybridized carbons (Fsp3) is 0.533.